The molecule has 0 spiro atoms. The van der Waals surface area contributed by atoms with Crippen LogP contribution < -0.4 is 17.0 Å². The van der Waals surface area contributed by atoms with Gasteiger partial charge in [0.2, 0.25) is 5.95 Å². The minimum Gasteiger partial charge on any atom is -0.386 e. The molecule has 0 radical (unpaired) electrons. The molecule has 7 heterocycles. The van der Waals surface area contributed by atoms with Crippen molar-refractivity contribution >= 4 is 49.7 Å². The zero-order valence-electron chi connectivity index (χ0n) is 25.6. The van der Waals surface area contributed by atoms with Crippen molar-refractivity contribution in [2.45, 2.75) is 69.2 Å². The van der Waals surface area contributed by atoms with Crippen LogP contribution >= 0.6 is 15.6 Å². The molecule has 7 N–H and O–H groups in total. The van der Waals surface area contributed by atoms with Gasteiger partial charge in [-0.2, -0.15) is 4.98 Å². The lowest BCUT2D eigenvalue weighted by Gasteiger charge is -2.28. The maximum absolute atomic E-state index is 13.8. The first kappa shape index (κ1) is 33.1. The third-order valence-corrected chi connectivity index (χ3v) is 10.5. The Balaban J connectivity index is 1.19. The molecule has 0 aliphatic carbocycles. The van der Waals surface area contributed by atoms with E-state index in [1.165, 1.54) is 17.2 Å². The minimum absolute atomic E-state index is 0.0177. The van der Waals surface area contributed by atoms with E-state index in [1.54, 1.807) is 18.4 Å². The van der Waals surface area contributed by atoms with Crippen LogP contribution in [0.1, 0.15) is 44.5 Å². The predicted octanol–water partition coefficient (Wildman–Crippen LogP) is 0.465. The van der Waals surface area contributed by atoms with Crippen LogP contribution in [0.4, 0.5) is 11.8 Å². The van der Waals surface area contributed by atoms with E-state index in [2.05, 4.69) is 29.9 Å². The molecule has 3 saturated heterocycles. The molecule has 4 aromatic heterocycles. The number of phosphoric ester groups is 2. The van der Waals surface area contributed by atoms with Crippen LogP contribution in [0.5, 0.6) is 0 Å². The highest BCUT2D eigenvalue weighted by atomic mass is 31.2. The Bertz CT molecular complexity index is 2020. The van der Waals surface area contributed by atoms with Gasteiger partial charge in [0.1, 0.15) is 54.4 Å². The monoisotopic (exact) mass is 714 g/mol. The number of phosphoric acid groups is 2. The maximum atomic E-state index is 13.8. The highest BCUT2D eigenvalue weighted by Gasteiger charge is 2.52. The van der Waals surface area contributed by atoms with Crippen molar-refractivity contribution in [1.29, 1.82) is 0 Å². The Hall–Kier alpha value is -3.40. The summed E-state index contributed by atoms with van der Waals surface area (Å²) in [7, 11) is -8.23. The number of aromatic nitrogens is 8. The number of anilines is 2. The molecule has 0 bridgehead atoms. The molecule has 3 aliphatic rings. The van der Waals surface area contributed by atoms with Crippen LogP contribution in [-0.2, 0) is 41.2 Å². The second-order valence-corrected chi connectivity index (χ2v) is 14.7. The molecule has 260 valence electrons. The first-order valence-corrected chi connectivity index (χ1v) is 17.6. The van der Waals surface area contributed by atoms with E-state index in [1.807, 2.05) is 0 Å². The molecule has 9 atom stereocenters. The zero-order valence-corrected chi connectivity index (χ0v) is 27.3. The van der Waals surface area contributed by atoms with Gasteiger partial charge < -0.3 is 30.9 Å². The molecule has 7 rings (SSSR count). The van der Waals surface area contributed by atoms with Gasteiger partial charge in [0.05, 0.1) is 19.5 Å². The van der Waals surface area contributed by atoms with E-state index in [-0.39, 0.29) is 41.1 Å². The number of hydrogen-bond acceptors (Lipinski definition) is 18. The van der Waals surface area contributed by atoms with E-state index in [0.29, 0.717) is 11.2 Å². The minimum atomic E-state index is -4.96. The summed E-state index contributed by atoms with van der Waals surface area (Å²) in [6.07, 6.45) is -6.33. The van der Waals surface area contributed by atoms with Gasteiger partial charge in [-0.05, 0) is 0 Å². The number of rotatable bonds is 4. The van der Waals surface area contributed by atoms with Crippen LogP contribution in [-0.4, -0.2) is 99.9 Å². The fourth-order valence-corrected chi connectivity index (χ4v) is 7.99. The highest BCUT2D eigenvalue weighted by molar-refractivity contribution is 7.48. The normalized spacial score (nSPS) is 34.7. The highest BCUT2D eigenvalue weighted by Crippen LogP contribution is 2.56. The van der Waals surface area contributed by atoms with E-state index >= 15 is 0 Å². The Morgan fingerprint density at radius 3 is 2.54 bits per heavy atom. The Labute approximate surface area is 269 Å². The summed E-state index contributed by atoms with van der Waals surface area (Å²) in [5.74, 6) is -0.110. The van der Waals surface area contributed by atoms with Gasteiger partial charge in [0.15, 0.2) is 28.9 Å². The van der Waals surface area contributed by atoms with Crippen molar-refractivity contribution in [3.63, 3.8) is 0 Å². The standard InChI is InChI=1S/C24H32N10O12P2/c1-9(2)19-30-15-21(31-24(26)32-22(15)36)34(19)23-16(35)17-12(44-23)6-42-48(39,40-3)45-10-4-13(43-11(10)5-41-47(37,38)46-17)33-8-29-14-18(25)27-7-28-20(14)33/h7-13,16-17,23,35H,4-6H2,1-3H3,(H,37,38)(H2,25,27,28)(H3,26,31,32,36)/t10-,11+,12?,13+,16+,17+,23+,48?/m0/s1. The van der Waals surface area contributed by atoms with Gasteiger partial charge in [-0.3, -0.25) is 41.5 Å². The first-order chi connectivity index (χ1) is 22.8. The molecule has 3 aliphatic heterocycles. The fourth-order valence-electron chi connectivity index (χ4n) is 5.89. The number of nitrogens with one attached hydrogen (secondary N) is 1. The van der Waals surface area contributed by atoms with Crippen molar-refractivity contribution in [1.82, 2.24) is 39.0 Å². The first-order valence-electron chi connectivity index (χ1n) is 14.6. The molecule has 0 amide bonds. The zero-order chi connectivity index (χ0) is 34.1. The summed E-state index contributed by atoms with van der Waals surface area (Å²) in [6.45, 7) is 2.36. The van der Waals surface area contributed by atoms with E-state index < -0.39 is 77.4 Å². The lowest BCUT2D eigenvalue weighted by atomic mass is 10.1. The second-order valence-electron chi connectivity index (χ2n) is 11.5. The number of nitrogen functional groups attached to an aromatic ring is 2. The summed E-state index contributed by atoms with van der Waals surface area (Å²) < 4.78 is 69.6. The number of aromatic amines is 1. The average molecular weight is 715 g/mol. The van der Waals surface area contributed by atoms with Crippen LogP contribution in [0.2, 0.25) is 0 Å². The SMILES string of the molecule is COP1(=O)OCC2O[C@@H](n3c(C(C)C)nc4c(=O)[nH]c(N)nc43)[C@H](O)[C@@H]2OP(=O)(O)OC[C@H]2O[C@@H](n3cnc4c(N)ncnc43)C[C@@H]2O1. The molecule has 3 unspecified atom stereocenters. The van der Waals surface area contributed by atoms with Gasteiger partial charge in [-0.1, -0.05) is 13.8 Å². The van der Waals surface area contributed by atoms with Crippen molar-refractivity contribution in [2.24, 2.45) is 0 Å². The van der Waals surface area contributed by atoms with E-state index in [9.17, 15) is 23.9 Å². The van der Waals surface area contributed by atoms with Gasteiger partial charge >= 0.3 is 15.6 Å². The predicted molar refractivity (Wildman–Crippen MR) is 161 cm³/mol. The molecule has 4 aromatic rings. The lowest BCUT2D eigenvalue weighted by molar-refractivity contribution is -0.0678. The maximum Gasteiger partial charge on any atom is 0.474 e. The number of fused-ring (bicyclic) bond motifs is 4. The van der Waals surface area contributed by atoms with Gasteiger partial charge in [0, 0.05) is 19.4 Å². The van der Waals surface area contributed by atoms with Crippen molar-refractivity contribution in [2.75, 3.05) is 31.8 Å². The van der Waals surface area contributed by atoms with Crippen LogP contribution in [0.3, 0.4) is 0 Å². The van der Waals surface area contributed by atoms with Crippen LogP contribution in [0.25, 0.3) is 22.3 Å². The molecule has 48 heavy (non-hydrogen) atoms. The number of H-pyrrole nitrogens is 1. The summed E-state index contributed by atoms with van der Waals surface area (Å²) in [4.78, 5) is 46.7. The number of imidazole rings is 2. The number of nitrogens with zero attached hydrogens (tertiary/aromatic N) is 7. The Morgan fingerprint density at radius 1 is 1.02 bits per heavy atom. The van der Waals surface area contributed by atoms with E-state index in [4.69, 9.17) is 43.6 Å². The van der Waals surface area contributed by atoms with E-state index in [0.717, 1.165) is 7.11 Å². The summed E-state index contributed by atoms with van der Waals surface area (Å²) in [6, 6.07) is 0. The lowest BCUT2D eigenvalue weighted by Crippen LogP contribution is -2.37. The largest absolute Gasteiger partial charge is 0.474 e. The average Bonchev–Trinajstić information content (AvgIpc) is 3.79. The summed E-state index contributed by atoms with van der Waals surface area (Å²) in [5.41, 5.74) is 11.6. The number of aliphatic hydroxyl groups is 1. The number of hydrogen-bond donors (Lipinski definition) is 5. The molecule has 22 nitrogen and oxygen atoms in total. The van der Waals surface area contributed by atoms with Crippen molar-refractivity contribution in [3.05, 3.63) is 28.8 Å². The molecular weight excluding hydrogens is 682 g/mol. The van der Waals surface area contributed by atoms with Crippen LogP contribution in [0.15, 0.2) is 17.4 Å². The summed E-state index contributed by atoms with van der Waals surface area (Å²) >= 11 is 0. The summed E-state index contributed by atoms with van der Waals surface area (Å²) in [5, 5.41) is 11.5. The molecular formula is C24H32N10O12P2. The van der Waals surface area contributed by atoms with Gasteiger partial charge in [-0.25, -0.2) is 29.1 Å². The Kier molecular flexibility index (Phi) is 8.40. The number of aliphatic hydroxyl groups excluding tert-OH is 1. The molecule has 24 heteroatoms. The molecule has 0 saturated carbocycles. The van der Waals surface area contributed by atoms with Crippen LogP contribution in [0, 0.1) is 0 Å². The second kappa shape index (κ2) is 12.2. The third kappa shape index (κ3) is 5.81. The van der Waals surface area contributed by atoms with Crippen molar-refractivity contribution in [3.8, 4) is 0 Å². The molecule has 3 fully saturated rings. The Morgan fingerprint density at radius 2 is 1.79 bits per heavy atom. The van der Waals surface area contributed by atoms with Gasteiger partial charge in [-0.15, -0.1) is 0 Å². The topological polar surface area (TPSA) is 298 Å². The number of ether oxygens (including phenoxy) is 2. The fraction of sp³-hybridized carbons (Fsp3) is 0.583. The van der Waals surface area contributed by atoms with Crippen molar-refractivity contribution < 1.29 is 51.2 Å². The third-order valence-electron chi connectivity index (χ3n) is 8.10. The molecule has 0 aromatic carbocycles. The number of nitrogens with two attached hydrogens (primary N) is 2. The smallest absolute Gasteiger partial charge is 0.386 e. The quantitative estimate of drug-likeness (QED) is 0.179. The van der Waals surface area contributed by atoms with Gasteiger partial charge in [0.25, 0.3) is 5.56 Å².